The second kappa shape index (κ2) is 5.65. The molecule has 1 aromatic carbocycles. The van der Waals surface area contributed by atoms with Gasteiger partial charge in [0.25, 0.3) is 5.92 Å². The Morgan fingerprint density at radius 1 is 1.30 bits per heavy atom. The Morgan fingerprint density at radius 2 is 1.95 bits per heavy atom. The molecule has 1 nitrogen and oxygen atoms in total. The fourth-order valence-corrected chi connectivity index (χ4v) is 2.25. The number of Topliss-reactive ketones (excluding diaryl/α,β-unsaturated/α-hetero) is 1. The number of allylic oxidation sites excluding steroid dienone is 4. The van der Waals surface area contributed by atoms with Crippen molar-refractivity contribution in [3.8, 4) is 0 Å². The highest BCUT2D eigenvalue weighted by Gasteiger charge is 2.30. The first-order valence-electron chi connectivity index (χ1n) is 6.48. The van der Waals surface area contributed by atoms with Gasteiger partial charge < -0.3 is 0 Å². The predicted molar refractivity (Wildman–Crippen MR) is 71.2 cm³/mol. The molecular weight excluding hydrogens is 265 g/mol. The summed E-state index contributed by atoms with van der Waals surface area (Å²) in [4.78, 5) is 12.1. The summed E-state index contributed by atoms with van der Waals surface area (Å²) < 4.78 is 39.2. The van der Waals surface area contributed by atoms with E-state index in [9.17, 15) is 18.0 Å². The SMILES string of the molecule is CCC(=O)C(C1=CCC(F)(F)C=C1)c1ccc(F)cc1. The Hall–Kier alpha value is -1.84. The Kier molecular flexibility index (Phi) is 4.12. The fourth-order valence-electron chi connectivity index (χ4n) is 2.25. The highest BCUT2D eigenvalue weighted by molar-refractivity contribution is 5.89. The molecule has 1 atom stereocenters. The molecule has 20 heavy (non-hydrogen) atoms. The Balaban J connectivity index is 2.35. The molecule has 0 aliphatic heterocycles. The van der Waals surface area contributed by atoms with Gasteiger partial charge in [0.05, 0.1) is 5.92 Å². The normalized spacial score (nSPS) is 18.5. The summed E-state index contributed by atoms with van der Waals surface area (Å²) >= 11 is 0. The third kappa shape index (κ3) is 3.18. The average Bonchev–Trinajstić information content (AvgIpc) is 2.42. The zero-order valence-corrected chi connectivity index (χ0v) is 11.1. The standard InChI is InChI=1S/C16H15F3O/c1-2-14(20)15(11-3-5-13(17)6-4-11)12-7-9-16(18,19)10-8-12/h3-9,15H,2,10H2,1H3. The summed E-state index contributed by atoms with van der Waals surface area (Å²) in [5.74, 6) is -3.92. The summed E-state index contributed by atoms with van der Waals surface area (Å²) in [7, 11) is 0. The summed E-state index contributed by atoms with van der Waals surface area (Å²) in [5, 5.41) is 0. The van der Waals surface area contributed by atoms with E-state index in [1.54, 1.807) is 6.92 Å². The molecule has 106 valence electrons. The topological polar surface area (TPSA) is 17.1 Å². The number of rotatable bonds is 4. The van der Waals surface area contributed by atoms with Gasteiger partial charge in [0.2, 0.25) is 0 Å². The number of halogens is 3. The van der Waals surface area contributed by atoms with E-state index >= 15 is 0 Å². The number of hydrogen-bond acceptors (Lipinski definition) is 1. The minimum atomic E-state index is -2.86. The summed E-state index contributed by atoms with van der Waals surface area (Å²) in [6.07, 6.45) is 3.39. The first kappa shape index (κ1) is 14.6. The second-order valence-corrected chi connectivity index (χ2v) is 4.81. The molecule has 2 rings (SSSR count). The molecule has 0 bridgehead atoms. The van der Waals surface area contributed by atoms with Crippen molar-refractivity contribution in [1.29, 1.82) is 0 Å². The maximum Gasteiger partial charge on any atom is 0.270 e. The number of hydrogen-bond donors (Lipinski definition) is 0. The summed E-state index contributed by atoms with van der Waals surface area (Å²) in [6, 6.07) is 5.59. The van der Waals surface area contributed by atoms with Crippen LogP contribution in [0.3, 0.4) is 0 Å². The molecule has 0 spiro atoms. The molecule has 0 heterocycles. The highest BCUT2D eigenvalue weighted by Crippen LogP contribution is 2.34. The van der Waals surface area contributed by atoms with Crippen molar-refractivity contribution in [2.24, 2.45) is 0 Å². The van der Waals surface area contributed by atoms with Crippen molar-refractivity contribution in [2.75, 3.05) is 0 Å². The Morgan fingerprint density at radius 3 is 2.45 bits per heavy atom. The van der Waals surface area contributed by atoms with Gasteiger partial charge in [-0.1, -0.05) is 31.2 Å². The molecule has 0 saturated heterocycles. The van der Waals surface area contributed by atoms with Gasteiger partial charge in [0.15, 0.2) is 0 Å². The molecule has 1 aliphatic carbocycles. The van der Waals surface area contributed by atoms with Gasteiger partial charge in [-0.15, -0.1) is 0 Å². The van der Waals surface area contributed by atoms with E-state index in [-0.39, 0.29) is 5.78 Å². The van der Waals surface area contributed by atoms with Crippen molar-refractivity contribution in [1.82, 2.24) is 0 Å². The second-order valence-electron chi connectivity index (χ2n) is 4.81. The minimum Gasteiger partial charge on any atom is -0.299 e. The highest BCUT2D eigenvalue weighted by atomic mass is 19.3. The minimum absolute atomic E-state index is 0.0716. The zero-order valence-electron chi connectivity index (χ0n) is 11.1. The van der Waals surface area contributed by atoms with Gasteiger partial charge in [-0.2, -0.15) is 0 Å². The third-order valence-electron chi connectivity index (χ3n) is 3.34. The van der Waals surface area contributed by atoms with Crippen molar-refractivity contribution in [3.05, 3.63) is 59.4 Å². The van der Waals surface area contributed by atoms with Crippen molar-refractivity contribution in [2.45, 2.75) is 31.6 Å². The van der Waals surface area contributed by atoms with Crippen LogP contribution in [0.5, 0.6) is 0 Å². The van der Waals surface area contributed by atoms with Crippen LogP contribution in [0.2, 0.25) is 0 Å². The molecule has 0 N–H and O–H groups in total. The van der Waals surface area contributed by atoms with E-state index in [4.69, 9.17) is 0 Å². The molecule has 1 aromatic rings. The van der Waals surface area contributed by atoms with Crippen LogP contribution in [0.25, 0.3) is 0 Å². The molecule has 1 aliphatic rings. The lowest BCUT2D eigenvalue weighted by atomic mass is 9.83. The van der Waals surface area contributed by atoms with Gasteiger partial charge in [-0.05, 0) is 29.3 Å². The number of alkyl halides is 2. The van der Waals surface area contributed by atoms with E-state index in [0.29, 0.717) is 17.6 Å². The lowest BCUT2D eigenvalue weighted by Crippen LogP contribution is -2.19. The van der Waals surface area contributed by atoms with Crippen LogP contribution in [-0.2, 0) is 4.79 Å². The van der Waals surface area contributed by atoms with Gasteiger partial charge in [0.1, 0.15) is 11.6 Å². The first-order chi connectivity index (χ1) is 9.43. The molecule has 0 fully saturated rings. The van der Waals surface area contributed by atoms with Crippen molar-refractivity contribution >= 4 is 5.78 Å². The largest absolute Gasteiger partial charge is 0.299 e. The predicted octanol–water partition coefficient (Wildman–Crippen LogP) is 4.41. The van der Waals surface area contributed by atoms with Crippen LogP contribution in [0.1, 0.15) is 31.2 Å². The summed E-state index contributed by atoms with van der Waals surface area (Å²) in [6.45, 7) is 1.72. The number of carbonyl (C=O) groups is 1. The van der Waals surface area contributed by atoms with Crippen LogP contribution < -0.4 is 0 Å². The Labute approximate surface area is 115 Å². The van der Waals surface area contributed by atoms with Gasteiger partial charge >= 0.3 is 0 Å². The smallest absolute Gasteiger partial charge is 0.270 e. The van der Waals surface area contributed by atoms with E-state index in [2.05, 4.69) is 0 Å². The molecule has 4 heteroatoms. The van der Waals surface area contributed by atoms with Crippen LogP contribution >= 0.6 is 0 Å². The van der Waals surface area contributed by atoms with E-state index in [1.807, 2.05) is 0 Å². The summed E-state index contributed by atoms with van der Waals surface area (Å²) in [5.41, 5.74) is 1.17. The molecule has 1 unspecified atom stereocenters. The molecule has 0 radical (unpaired) electrons. The van der Waals surface area contributed by atoms with E-state index < -0.39 is 24.1 Å². The van der Waals surface area contributed by atoms with Gasteiger partial charge in [-0.3, -0.25) is 4.79 Å². The monoisotopic (exact) mass is 280 g/mol. The van der Waals surface area contributed by atoms with Crippen LogP contribution in [-0.4, -0.2) is 11.7 Å². The lowest BCUT2D eigenvalue weighted by molar-refractivity contribution is -0.119. The zero-order chi connectivity index (χ0) is 14.8. The van der Waals surface area contributed by atoms with Crippen molar-refractivity contribution < 1.29 is 18.0 Å². The van der Waals surface area contributed by atoms with E-state index in [0.717, 1.165) is 6.08 Å². The van der Waals surface area contributed by atoms with Gasteiger partial charge in [-0.25, -0.2) is 13.2 Å². The van der Waals surface area contributed by atoms with Crippen LogP contribution in [0.4, 0.5) is 13.2 Å². The maximum absolute atomic E-state index is 13.1. The number of carbonyl (C=O) groups excluding carboxylic acids is 1. The van der Waals surface area contributed by atoms with E-state index in [1.165, 1.54) is 36.4 Å². The van der Waals surface area contributed by atoms with Crippen LogP contribution in [0.15, 0.2) is 48.1 Å². The molecule has 0 amide bonds. The maximum atomic E-state index is 13.1. The quantitative estimate of drug-likeness (QED) is 0.798. The Bertz CT molecular complexity index is 556. The van der Waals surface area contributed by atoms with Crippen LogP contribution in [0, 0.1) is 5.82 Å². The van der Waals surface area contributed by atoms with Crippen molar-refractivity contribution in [3.63, 3.8) is 0 Å². The molecular formula is C16H15F3O. The number of ketones is 1. The average molecular weight is 280 g/mol. The number of benzene rings is 1. The first-order valence-corrected chi connectivity index (χ1v) is 6.48. The fraction of sp³-hybridized carbons (Fsp3) is 0.312. The molecule has 0 saturated carbocycles. The van der Waals surface area contributed by atoms with Gasteiger partial charge in [0, 0.05) is 12.8 Å². The third-order valence-corrected chi connectivity index (χ3v) is 3.34. The lowest BCUT2D eigenvalue weighted by Gasteiger charge is -2.22. The molecule has 0 aromatic heterocycles.